The SMILES string of the molecule is O=C(Nc1ccc(Cl)cc1)c1ccc(Cc2ccccc2)o1. The summed E-state index contributed by atoms with van der Waals surface area (Å²) in [5.41, 5.74) is 1.82. The van der Waals surface area contributed by atoms with Crippen LogP contribution in [-0.2, 0) is 6.42 Å². The van der Waals surface area contributed by atoms with Crippen LogP contribution >= 0.6 is 11.6 Å². The van der Waals surface area contributed by atoms with E-state index in [-0.39, 0.29) is 5.91 Å². The van der Waals surface area contributed by atoms with Crippen molar-refractivity contribution in [2.45, 2.75) is 6.42 Å². The van der Waals surface area contributed by atoms with Gasteiger partial charge in [0, 0.05) is 17.1 Å². The average molecular weight is 312 g/mol. The minimum absolute atomic E-state index is 0.276. The van der Waals surface area contributed by atoms with Crippen LogP contribution in [0.15, 0.2) is 71.1 Å². The Morgan fingerprint density at radius 3 is 2.41 bits per heavy atom. The molecule has 0 aliphatic heterocycles. The molecule has 1 N–H and O–H groups in total. The molecule has 110 valence electrons. The molecule has 0 saturated heterocycles. The van der Waals surface area contributed by atoms with Crippen LogP contribution in [0.3, 0.4) is 0 Å². The molecule has 0 radical (unpaired) electrons. The van der Waals surface area contributed by atoms with Crippen molar-refractivity contribution < 1.29 is 9.21 Å². The van der Waals surface area contributed by atoms with Gasteiger partial charge in [0.05, 0.1) is 0 Å². The predicted molar refractivity (Wildman–Crippen MR) is 87.4 cm³/mol. The lowest BCUT2D eigenvalue weighted by Gasteiger charge is -2.03. The number of carbonyl (C=O) groups excluding carboxylic acids is 1. The second kappa shape index (κ2) is 6.50. The largest absolute Gasteiger partial charge is 0.456 e. The molecule has 0 spiro atoms. The van der Waals surface area contributed by atoms with E-state index in [0.29, 0.717) is 22.9 Å². The zero-order valence-corrected chi connectivity index (χ0v) is 12.5. The molecular weight excluding hydrogens is 298 g/mol. The van der Waals surface area contributed by atoms with E-state index in [0.717, 1.165) is 11.3 Å². The van der Waals surface area contributed by atoms with E-state index < -0.39 is 0 Å². The molecule has 0 atom stereocenters. The standard InChI is InChI=1S/C18H14ClNO2/c19-14-6-8-15(9-7-14)20-18(21)17-11-10-16(22-17)12-13-4-2-1-3-5-13/h1-11H,12H2,(H,20,21). The molecule has 0 aliphatic carbocycles. The second-order valence-electron chi connectivity index (χ2n) is 4.89. The van der Waals surface area contributed by atoms with Gasteiger partial charge in [-0.15, -0.1) is 0 Å². The van der Waals surface area contributed by atoms with Crippen LogP contribution in [-0.4, -0.2) is 5.91 Å². The molecule has 0 fully saturated rings. The van der Waals surface area contributed by atoms with Crippen LogP contribution in [0, 0.1) is 0 Å². The minimum atomic E-state index is -0.276. The maximum atomic E-state index is 12.1. The van der Waals surface area contributed by atoms with Crippen LogP contribution < -0.4 is 5.32 Å². The molecule has 22 heavy (non-hydrogen) atoms. The number of amides is 1. The molecule has 4 heteroatoms. The van der Waals surface area contributed by atoms with Crippen molar-refractivity contribution in [2.24, 2.45) is 0 Å². The first-order valence-electron chi connectivity index (χ1n) is 6.90. The van der Waals surface area contributed by atoms with Crippen molar-refractivity contribution in [2.75, 3.05) is 5.32 Å². The topological polar surface area (TPSA) is 42.2 Å². The summed E-state index contributed by atoms with van der Waals surface area (Å²) < 4.78 is 5.61. The molecule has 0 aliphatic rings. The van der Waals surface area contributed by atoms with Crippen LogP contribution in [0.1, 0.15) is 21.9 Å². The summed E-state index contributed by atoms with van der Waals surface area (Å²) >= 11 is 5.81. The molecule has 2 aromatic carbocycles. The van der Waals surface area contributed by atoms with Gasteiger partial charge in [0.1, 0.15) is 5.76 Å². The summed E-state index contributed by atoms with van der Waals surface area (Å²) in [5, 5.41) is 3.40. The number of rotatable bonds is 4. The average Bonchev–Trinajstić information content (AvgIpc) is 2.99. The van der Waals surface area contributed by atoms with Crippen molar-refractivity contribution in [3.8, 4) is 0 Å². The highest BCUT2D eigenvalue weighted by Crippen LogP contribution is 2.17. The normalized spacial score (nSPS) is 10.4. The van der Waals surface area contributed by atoms with Gasteiger partial charge in [0.15, 0.2) is 5.76 Å². The molecule has 0 unspecified atom stereocenters. The van der Waals surface area contributed by atoms with Gasteiger partial charge in [-0.3, -0.25) is 4.79 Å². The van der Waals surface area contributed by atoms with E-state index in [1.54, 1.807) is 30.3 Å². The molecule has 0 saturated carbocycles. The Morgan fingerprint density at radius 1 is 0.955 bits per heavy atom. The van der Waals surface area contributed by atoms with Crippen LogP contribution in [0.2, 0.25) is 5.02 Å². The second-order valence-corrected chi connectivity index (χ2v) is 5.33. The molecular formula is C18H14ClNO2. The minimum Gasteiger partial charge on any atom is -0.456 e. The summed E-state index contributed by atoms with van der Waals surface area (Å²) in [6.07, 6.45) is 0.662. The predicted octanol–water partition coefficient (Wildman–Crippen LogP) is 4.78. The van der Waals surface area contributed by atoms with E-state index >= 15 is 0 Å². The molecule has 0 bridgehead atoms. The Labute approximate surface area is 133 Å². The van der Waals surface area contributed by atoms with Gasteiger partial charge in [-0.25, -0.2) is 0 Å². The smallest absolute Gasteiger partial charge is 0.291 e. The lowest BCUT2D eigenvalue weighted by atomic mass is 10.1. The Balaban J connectivity index is 1.67. The van der Waals surface area contributed by atoms with Crippen molar-refractivity contribution in [1.29, 1.82) is 0 Å². The van der Waals surface area contributed by atoms with Gasteiger partial charge in [0.25, 0.3) is 5.91 Å². The fraction of sp³-hybridized carbons (Fsp3) is 0.0556. The Bertz CT molecular complexity index is 763. The summed E-state index contributed by atoms with van der Waals surface area (Å²) in [6.45, 7) is 0. The lowest BCUT2D eigenvalue weighted by molar-refractivity contribution is 0.0995. The Hall–Kier alpha value is -2.52. The summed E-state index contributed by atoms with van der Waals surface area (Å²) in [6, 6.07) is 20.4. The first-order valence-corrected chi connectivity index (χ1v) is 7.28. The van der Waals surface area contributed by atoms with Crippen molar-refractivity contribution >= 4 is 23.2 Å². The third kappa shape index (κ3) is 3.57. The zero-order valence-electron chi connectivity index (χ0n) is 11.8. The van der Waals surface area contributed by atoms with Gasteiger partial charge in [-0.05, 0) is 42.0 Å². The quantitative estimate of drug-likeness (QED) is 0.753. The third-order valence-electron chi connectivity index (χ3n) is 3.21. The molecule has 3 aromatic rings. The van der Waals surface area contributed by atoms with Gasteiger partial charge in [0.2, 0.25) is 0 Å². The number of furan rings is 1. The molecule has 1 aromatic heterocycles. The number of hydrogen-bond donors (Lipinski definition) is 1. The summed E-state index contributed by atoms with van der Waals surface area (Å²) in [5.74, 6) is 0.773. The highest BCUT2D eigenvalue weighted by molar-refractivity contribution is 6.30. The number of halogens is 1. The fourth-order valence-corrected chi connectivity index (χ4v) is 2.24. The lowest BCUT2D eigenvalue weighted by Crippen LogP contribution is -2.10. The number of benzene rings is 2. The van der Waals surface area contributed by atoms with Crippen molar-refractivity contribution in [1.82, 2.24) is 0 Å². The van der Waals surface area contributed by atoms with E-state index in [4.69, 9.17) is 16.0 Å². The first-order chi connectivity index (χ1) is 10.7. The molecule has 1 heterocycles. The van der Waals surface area contributed by atoms with Crippen LogP contribution in [0.25, 0.3) is 0 Å². The number of hydrogen-bond acceptors (Lipinski definition) is 2. The fourth-order valence-electron chi connectivity index (χ4n) is 2.12. The maximum Gasteiger partial charge on any atom is 0.291 e. The first kappa shape index (κ1) is 14.4. The highest BCUT2D eigenvalue weighted by atomic mass is 35.5. The van der Waals surface area contributed by atoms with Gasteiger partial charge >= 0.3 is 0 Å². The maximum absolute atomic E-state index is 12.1. The zero-order chi connectivity index (χ0) is 15.4. The van der Waals surface area contributed by atoms with E-state index in [2.05, 4.69) is 5.32 Å². The summed E-state index contributed by atoms with van der Waals surface area (Å²) in [7, 11) is 0. The van der Waals surface area contributed by atoms with Crippen molar-refractivity contribution in [3.05, 3.63) is 88.8 Å². The third-order valence-corrected chi connectivity index (χ3v) is 3.46. The van der Waals surface area contributed by atoms with Gasteiger partial charge < -0.3 is 9.73 Å². The number of anilines is 1. The molecule has 3 nitrogen and oxygen atoms in total. The molecule has 3 rings (SSSR count). The highest BCUT2D eigenvalue weighted by Gasteiger charge is 2.11. The Kier molecular flexibility index (Phi) is 4.26. The summed E-state index contributed by atoms with van der Waals surface area (Å²) in [4.78, 5) is 12.1. The van der Waals surface area contributed by atoms with E-state index in [1.807, 2.05) is 36.4 Å². The van der Waals surface area contributed by atoms with Gasteiger partial charge in [-0.2, -0.15) is 0 Å². The van der Waals surface area contributed by atoms with E-state index in [1.165, 1.54) is 0 Å². The molecule has 1 amide bonds. The van der Waals surface area contributed by atoms with Crippen LogP contribution in [0.5, 0.6) is 0 Å². The van der Waals surface area contributed by atoms with E-state index in [9.17, 15) is 4.79 Å². The van der Waals surface area contributed by atoms with Crippen molar-refractivity contribution in [3.63, 3.8) is 0 Å². The number of nitrogens with one attached hydrogen (secondary N) is 1. The monoisotopic (exact) mass is 311 g/mol. The van der Waals surface area contributed by atoms with Crippen LogP contribution in [0.4, 0.5) is 5.69 Å². The van der Waals surface area contributed by atoms with Gasteiger partial charge in [-0.1, -0.05) is 41.9 Å². The number of carbonyl (C=O) groups is 1. The Morgan fingerprint density at radius 2 is 1.68 bits per heavy atom.